The summed E-state index contributed by atoms with van der Waals surface area (Å²) in [6.07, 6.45) is 2.45. The Labute approximate surface area is 151 Å². The quantitative estimate of drug-likeness (QED) is 0.883. The SMILES string of the molecule is COc1ccc2cc(NC(=O)N3C[C@@H]4CCC[C@@]4(C(=O)O)C3)ccc2n1. The van der Waals surface area contributed by atoms with Crippen LogP contribution in [0.2, 0.25) is 0 Å². The number of nitrogens with zero attached hydrogens (tertiary/aromatic N) is 2. The maximum Gasteiger partial charge on any atom is 0.321 e. The number of benzene rings is 1. The third kappa shape index (κ3) is 2.64. The number of aromatic nitrogens is 1. The molecule has 2 aliphatic rings. The van der Waals surface area contributed by atoms with Crippen LogP contribution in [-0.4, -0.2) is 47.2 Å². The average Bonchev–Trinajstić information content (AvgIpc) is 3.19. The zero-order valence-electron chi connectivity index (χ0n) is 14.6. The number of pyridine rings is 1. The number of nitrogens with one attached hydrogen (secondary N) is 1. The monoisotopic (exact) mass is 355 g/mol. The molecule has 7 nitrogen and oxygen atoms in total. The topological polar surface area (TPSA) is 91.8 Å². The van der Waals surface area contributed by atoms with Crippen molar-refractivity contribution in [2.24, 2.45) is 11.3 Å². The van der Waals surface area contributed by atoms with Crippen molar-refractivity contribution in [3.05, 3.63) is 30.3 Å². The molecular weight excluding hydrogens is 334 g/mol. The second-order valence-corrected chi connectivity index (χ2v) is 7.12. The molecule has 1 aromatic carbocycles. The first kappa shape index (κ1) is 16.6. The molecule has 136 valence electrons. The standard InChI is InChI=1S/C19H21N3O4/c1-26-16-7-4-12-9-14(5-6-15(12)21-16)20-18(25)22-10-13-3-2-8-19(13,11-22)17(23)24/h4-7,9,13H,2-3,8,10-11H2,1H3,(H,20,25)(H,23,24)/t13-,19+/m0/s1. The summed E-state index contributed by atoms with van der Waals surface area (Å²) in [6.45, 7) is 0.787. The van der Waals surface area contributed by atoms with Gasteiger partial charge < -0.3 is 20.1 Å². The van der Waals surface area contributed by atoms with E-state index < -0.39 is 11.4 Å². The summed E-state index contributed by atoms with van der Waals surface area (Å²) in [4.78, 5) is 30.4. The Morgan fingerprint density at radius 3 is 2.92 bits per heavy atom. The van der Waals surface area contributed by atoms with Crippen molar-refractivity contribution in [3.8, 4) is 5.88 Å². The zero-order valence-corrected chi connectivity index (χ0v) is 14.6. The molecule has 1 aliphatic carbocycles. The van der Waals surface area contributed by atoms with Gasteiger partial charge in [0.25, 0.3) is 0 Å². The minimum Gasteiger partial charge on any atom is -0.481 e. The summed E-state index contributed by atoms with van der Waals surface area (Å²) in [5.41, 5.74) is 0.681. The van der Waals surface area contributed by atoms with Crippen LogP contribution in [0.25, 0.3) is 10.9 Å². The predicted molar refractivity (Wildman–Crippen MR) is 96.3 cm³/mol. The van der Waals surface area contributed by atoms with E-state index in [1.807, 2.05) is 18.2 Å². The molecule has 0 bridgehead atoms. The number of aliphatic carboxylic acids is 1. The van der Waals surface area contributed by atoms with E-state index in [1.165, 1.54) is 0 Å². The van der Waals surface area contributed by atoms with Gasteiger partial charge in [0.15, 0.2) is 0 Å². The molecular formula is C19H21N3O4. The van der Waals surface area contributed by atoms with Gasteiger partial charge in [-0.15, -0.1) is 0 Å². The summed E-state index contributed by atoms with van der Waals surface area (Å²) < 4.78 is 5.11. The number of hydrogen-bond acceptors (Lipinski definition) is 4. The third-order valence-corrected chi connectivity index (χ3v) is 5.71. The predicted octanol–water partition coefficient (Wildman–Crippen LogP) is 2.96. The molecule has 2 N–H and O–H groups in total. The van der Waals surface area contributed by atoms with Crippen LogP contribution >= 0.6 is 0 Å². The van der Waals surface area contributed by atoms with Crippen LogP contribution in [0.15, 0.2) is 30.3 Å². The van der Waals surface area contributed by atoms with E-state index >= 15 is 0 Å². The molecule has 2 fully saturated rings. The largest absolute Gasteiger partial charge is 0.481 e. The molecule has 0 radical (unpaired) electrons. The molecule has 2 heterocycles. The van der Waals surface area contributed by atoms with Gasteiger partial charge in [-0.1, -0.05) is 6.42 Å². The number of likely N-dealkylation sites (tertiary alicyclic amines) is 1. The Hall–Kier alpha value is -2.83. The van der Waals surface area contributed by atoms with Gasteiger partial charge in [-0.05, 0) is 43.0 Å². The number of hydrogen-bond donors (Lipinski definition) is 2. The summed E-state index contributed by atoms with van der Waals surface area (Å²) >= 11 is 0. The van der Waals surface area contributed by atoms with Gasteiger partial charge in [-0.25, -0.2) is 9.78 Å². The summed E-state index contributed by atoms with van der Waals surface area (Å²) in [7, 11) is 1.57. The number of urea groups is 1. The van der Waals surface area contributed by atoms with E-state index in [-0.39, 0.29) is 18.5 Å². The van der Waals surface area contributed by atoms with E-state index in [2.05, 4.69) is 10.3 Å². The molecule has 7 heteroatoms. The van der Waals surface area contributed by atoms with Crippen molar-refractivity contribution >= 4 is 28.6 Å². The number of carboxylic acid groups (broad SMARTS) is 1. The van der Waals surface area contributed by atoms with E-state index in [4.69, 9.17) is 4.74 Å². The van der Waals surface area contributed by atoms with Gasteiger partial charge in [0.05, 0.1) is 18.0 Å². The smallest absolute Gasteiger partial charge is 0.321 e. The molecule has 4 rings (SSSR count). The van der Waals surface area contributed by atoms with Crippen molar-refractivity contribution in [1.82, 2.24) is 9.88 Å². The normalized spacial score (nSPS) is 24.5. The van der Waals surface area contributed by atoms with E-state index in [0.29, 0.717) is 24.5 Å². The van der Waals surface area contributed by atoms with Crippen LogP contribution in [0.5, 0.6) is 5.88 Å². The maximum atomic E-state index is 12.6. The number of fused-ring (bicyclic) bond motifs is 2. The van der Waals surface area contributed by atoms with Crippen molar-refractivity contribution in [2.75, 3.05) is 25.5 Å². The molecule has 1 saturated heterocycles. The average molecular weight is 355 g/mol. The summed E-state index contributed by atoms with van der Waals surface area (Å²) in [5, 5.41) is 13.4. The van der Waals surface area contributed by atoms with Crippen LogP contribution in [0.4, 0.5) is 10.5 Å². The minimum absolute atomic E-state index is 0.0546. The number of carbonyl (C=O) groups is 2. The molecule has 26 heavy (non-hydrogen) atoms. The van der Waals surface area contributed by atoms with Crippen molar-refractivity contribution in [2.45, 2.75) is 19.3 Å². The minimum atomic E-state index is -0.777. The summed E-state index contributed by atoms with van der Waals surface area (Å²) in [5.74, 6) is -0.183. The Kier molecular flexibility index (Phi) is 3.94. The van der Waals surface area contributed by atoms with Crippen LogP contribution in [0.3, 0.4) is 0 Å². The Bertz CT molecular complexity index is 884. The van der Waals surface area contributed by atoms with Gasteiger partial charge in [0.2, 0.25) is 5.88 Å². The lowest BCUT2D eigenvalue weighted by molar-refractivity contribution is -0.149. The first-order chi connectivity index (χ1) is 12.5. The lowest BCUT2D eigenvalue weighted by atomic mass is 9.81. The van der Waals surface area contributed by atoms with Gasteiger partial charge >= 0.3 is 12.0 Å². The fourth-order valence-electron chi connectivity index (χ4n) is 4.29. The number of amides is 2. The Balaban J connectivity index is 1.50. The number of ether oxygens (including phenoxy) is 1. The second-order valence-electron chi connectivity index (χ2n) is 7.12. The van der Waals surface area contributed by atoms with Crippen molar-refractivity contribution in [1.29, 1.82) is 0 Å². The van der Waals surface area contributed by atoms with Gasteiger partial charge in [-0.2, -0.15) is 0 Å². The van der Waals surface area contributed by atoms with Crippen LogP contribution in [0, 0.1) is 11.3 Å². The molecule has 0 spiro atoms. The van der Waals surface area contributed by atoms with Crippen molar-refractivity contribution in [3.63, 3.8) is 0 Å². The Morgan fingerprint density at radius 2 is 2.19 bits per heavy atom. The van der Waals surface area contributed by atoms with E-state index in [9.17, 15) is 14.7 Å². The molecule has 0 unspecified atom stereocenters. The molecule has 2 amide bonds. The highest BCUT2D eigenvalue weighted by molar-refractivity contribution is 5.93. The molecule has 1 aliphatic heterocycles. The number of carboxylic acids is 1. The van der Waals surface area contributed by atoms with Gasteiger partial charge in [0.1, 0.15) is 0 Å². The van der Waals surface area contributed by atoms with E-state index in [1.54, 1.807) is 24.1 Å². The highest BCUT2D eigenvalue weighted by Gasteiger charge is 2.55. The van der Waals surface area contributed by atoms with Crippen LogP contribution in [-0.2, 0) is 4.79 Å². The van der Waals surface area contributed by atoms with Gasteiger partial charge in [0, 0.05) is 30.2 Å². The van der Waals surface area contributed by atoms with Crippen molar-refractivity contribution < 1.29 is 19.4 Å². The molecule has 1 saturated carbocycles. The molecule has 2 aromatic rings. The number of rotatable bonds is 3. The number of carbonyl (C=O) groups excluding carboxylic acids is 1. The fraction of sp³-hybridized carbons (Fsp3) is 0.421. The zero-order chi connectivity index (χ0) is 18.3. The Morgan fingerprint density at radius 1 is 1.35 bits per heavy atom. The fourth-order valence-corrected chi connectivity index (χ4v) is 4.29. The lowest BCUT2D eigenvalue weighted by Gasteiger charge is -2.23. The van der Waals surface area contributed by atoms with Crippen LogP contribution < -0.4 is 10.1 Å². The van der Waals surface area contributed by atoms with E-state index in [0.717, 1.165) is 23.7 Å². The molecule has 1 aromatic heterocycles. The number of anilines is 1. The molecule has 2 atom stereocenters. The number of methoxy groups -OCH3 is 1. The first-order valence-corrected chi connectivity index (χ1v) is 8.76. The first-order valence-electron chi connectivity index (χ1n) is 8.76. The summed E-state index contributed by atoms with van der Waals surface area (Å²) in [6, 6.07) is 8.87. The van der Waals surface area contributed by atoms with Gasteiger partial charge in [-0.3, -0.25) is 4.79 Å². The highest BCUT2D eigenvalue weighted by atomic mass is 16.5. The lowest BCUT2D eigenvalue weighted by Crippen LogP contribution is -2.38. The van der Waals surface area contributed by atoms with Crippen LogP contribution in [0.1, 0.15) is 19.3 Å². The second kappa shape index (κ2) is 6.16. The third-order valence-electron chi connectivity index (χ3n) is 5.71. The highest BCUT2D eigenvalue weighted by Crippen LogP contribution is 2.48. The maximum absolute atomic E-state index is 12.6.